The van der Waals surface area contributed by atoms with Crippen LogP contribution in [0.25, 0.3) is 5.70 Å². The quantitative estimate of drug-likeness (QED) is 0.817. The predicted octanol–water partition coefficient (Wildman–Crippen LogP) is 4.03. The Hall–Kier alpha value is -2.62. The van der Waals surface area contributed by atoms with E-state index in [2.05, 4.69) is 46.7 Å². The molecule has 0 atom stereocenters. The van der Waals surface area contributed by atoms with Crippen LogP contribution in [0, 0.1) is 0 Å². The topological polar surface area (TPSA) is 54.0 Å². The molecule has 0 bridgehead atoms. The summed E-state index contributed by atoms with van der Waals surface area (Å²) in [5.41, 5.74) is 8.89. The SMILES string of the molecule is C=C(NNC(=O)c1ccccn1)c1ccc(C2CCCCC2)cc1. The molecule has 4 heteroatoms. The van der Waals surface area contributed by atoms with Gasteiger partial charge in [-0.3, -0.25) is 20.6 Å². The van der Waals surface area contributed by atoms with Gasteiger partial charge in [-0.05, 0) is 42.0 Å². The minimum absolute atomic E-state index is 0.282. The van der Waals surface area contributed by atoms with Gasteiger partial charge in [-0.15, -0.1) is 0 Å². The second-order valence-electron chi connectivity index (χ2n) is 6.23. The second-order valence-corrected chi connectivity index (χ2v) is 6.23. The highest BCUT2D eigenvalue weighted by molar-refractivity contribution is 5.92. The molecule has 0 unspecified atom stereocenters. The summed E-state index contributed by atoms with van der Waals surface area (Å²) < 4.78 is 0. The van der Waals surface area contributed by atoms with Gasteiger partial charge >= 0.3 is 0 Å². The van der Waals surface area contributed by atoms with Crippen molar-refractivity contribution in [3.05, 3.63) is 72.1 Å². The Balaban J connectivity index is 1.56. The molecule has 2 aromatic rings. The number of hydrogen-bond donors (Lipinski definition) is 2. The molecule has 0 saturated heterocycles. The molecule has 1 aliphatic rings. The lowest BCUT2D eigenvalue weighted by Gasteiger charge is -2.22. The number of hydrazine groups is 1. The summed E-state index contributed by atoms with van der Waals surface area (Å²) >= 11 is 0. The van der Waals surface area contributed by atoms with E-state index in [9.17, 15) is 4.79 Å². The lowest BCUT2D eigenvalue weighted by molar-refractivity contribution is 0.0937. The van der Waals surface area contributed by atoms with Gasteiger partial charge < -0.3 is 0 Å². The Labute approximate surface area is 143 Å². The van der Waals surface area contributed by atoms with Gasteiger partial charge in [0.2, 0.25) is 0 Å². The van der Waals surface area contributed by atoms with Gasteiger partial charge in [-0.2, -0.15) is 0 Å². The van der Waals surface area contributed by atoms with Crippen LogP contribution in [0.15, 0.2) is 55.2 Å². The van der Waals surface area contributed by atoms with Gasteiger partial charge in [-0.1, -0.05) is 56.2 Å². The standard InChI is InChI=1S/C20H23N3O/c1-15(22-23-20(24)19-9-5-6-14-21-19)16-10-12-18(13-11-16)17-7-3-2-4-8-17/h5-6,9-14,17,22H,1-4,7-8H2,(H,23,24). The Morgan fingerprint density at radius 3 is 2.42 bits per heavy atom. The third-order valence-corrected chi connectivity index (χ3v) is 4.56. The van der Waals surface area contributed by atoms with Crippen LogP contribution in [0.5, 0.6) is 0 Å². The minimum Gasteiger partial charge on any atom is -0.298 e. The number of hydrogen-bond acceptors (Lipinski definition) is 3. The number of benzene rings is 1. The van der Waals surface area contributed by atoms with E-state index in [4.69, 9.17) is 0 Å². The summed E-state index contributed by atoms with van der Waals surface area (Å²) in [6, 6.07) is 13.7. The molecular formula is C20H23N3O. The lowest BCUT2D eigenvalue weighted by Crippen LogP contribution is -2.36. The Bertz CT molecular complexity index is 689. The average molecular weight is 321 g/mol. The molecule has 0 spiro atoms. The number of carbonyl (C=O) groups excluding carboxylic acids is 1. The summed E-state index contributed by atoms with van der Waals surface area (Å²) in [4.78, 5) is 16.0. The number of amides is 1. The molecule has 3 rings (SSSR count). The normalized spacial score (nSPS) is 14.8. The van der Waals surface area contributed by atoms with Gasteiger partial charge in [0.05, 0.1) is 5.70 Å². The van der Waals surface area contributed by atoms with Crippen molar-refractivity contribution in [2.75, 3.05) is 0 Å². The van der Waals surface area contributed by atoms with E-state index in [1.807, 2.05) is 0 Å². The molecule has 2 N–H and O–H groups in total. The highest BCUT2D eigenvalue weighted by Gasteiger charge is 2.15. The fourth-order valence-corrected chi connectivity index (χ4v) is 3.16. The highest BCUT2D eigenvalue weighted by Crippen LogP contribution is 2.32. The zero-order valence-corrected chi connectivity index (χ0v) is 13.8. The van der Waals surface area contributed by atoms with E-state index in [0.717, 1.165) is 5.56 Å². The predicted molar refractivity (Wildman–Crippen MR) is 96.1 cm³/mol. The molecule has 24 heavy (non-hydrogen) atoms. The van der Waals surface area contributed by atoms with Gasteiger partial charge in [-0.25, -0.2) is 0 Å². The smallest absolute Gasteiger partial charge is 0.288 e. The number of rotatable bonds is 5. The van der Waals surface area contributed by atoms with E-state index in [1.165, 1.54) is 37.7 Å². The molecule has 1 aromatic carbocycles. The molecule has 124 valence electrons. The third-order valence-electron chi connectivity index (χ3n) is 4.56. The van der Waals surface area contributed by atoms with Crippen molar-refractivity contribution < 1.29 is 4.79 Å². The van der Waals surface area contributed by atoms with Crippen molar-refractivity contribution in [3.63, 3.8) is 0 Å². The average Bonchev–Trinajstić information content (AvgIpc) is 2.67. The van der Waals surface area contributed by atoms with E-state index in [1.54, 1.807) is 24.4 Å². The van der Waals surface area contributed by atoms with Crippen molar-refractivity contribution in [2.24, 2.45) is 0 Å². The van der Waals surface area contributed by atoms with Crippen molar-refractivity contribution in [1.82, 2.24) is 15.8 Å². The Morgan fingerprint density at radius 1 is 1.00 bits per heavy atom. The van der Waals surface area contributed by atoms with Crippen molar-refractivity contribution in [1.29, 1.82) is 0 Å². The van der Waals surface area contributed by atoms with Gasteiger partial charge in [0, 0.05) is 6.20 Å². The fraction of sp³-hybridized carbons (Fsp3) is 0.300. The largest absolute Gasteiger partial charge is 0.298 e. The van der Waals surface area contributed by atoms with E-state index >= 15 is 0 Å². The van der Waals surface area contributed by atoms with Crippen LogP contribution in [-0.2, 0) is 0 Å². The van der Waals surface area contributed by atoms with Crippen LogP contribution < -0.4 is 10.9 Å². The van der Waals surface area contributed by atoms with Crippen LogP contribution in [0.2, 0.25) is 0 Å². The maximum atomic E-state index is 12.0. The molecule has 1 fully saturated rings. The van der Waals surface area contributed by atoms with Crippen LogP contribution in [0.1, 0.15) is 59.6 Å². The summed E-state index contributed by atoms with van der Waals surface area (Å²) in [5, 5.41) is 0. The Morgan fingerprint density at radius 2 is 1.75 bits per heavy atom. The molecule has 4 nitrogen and oxygen atoms in total. The summed E-state index contributed by atoms with van der Waals surface area (Å²) in [5.74, 6) is 0.411. The van der Waals surface area contributed by atoms with Crippen LogP contribution in [0.4, 0.5) is 0 Å². The summed E-state index contributed by atoms with van der Waals surface area (Å²) in [6.07, 6.45) is 8.21. The first-order valence-corrected chi connectivity index (χ1v) is 8.50. The maximum absolute atomic E-state index is 12.0. The third kappa shape index (κ3) is 4.02. The zero-order valence-electron chi connectivity index (χ0n) is 13.8. The minimum atomic E-state index is -0.282. The van der Waals surface area contributed by atoms with Crippen LogP contribution >= 0.6 is 0 Å². The van der Waals surface area contributed by atoms with E-state index < -0.39 is 0 Å². The molecule has 1 amide bonds. The van der Waals surface area contributed by atoms with Gasteiger partial charge in [0.15, 0.2) is 0 Å². The molecule has 1 heterocycles. The van der Waals surface area contributed by atoms with Crippen LogP contribution in [-0.4, -0.2) is 10.9 Å². The highest BCUT2D eigenvalue weighted by atomic mass is 16.2. The maximum Gasteiger partial charge on any atom is 0.288 e. The first-order chi connectivity index (χ1) is 11.7. The van der Waals surface area contributed by atoms with Crippen molar-refractivity contribution in [2.45, 2.75) is 38.0 Å². The van der Waals surface area contributed by atoms with Crippen molar-refractivity contribution >= 4 is 11.6 Å². The number of carbonyl (C=O) groups is 1. The van der Waals surface area contributed by atoms with Gasteiger partial charge in [0.1, 0.15) is 5.69 Å². The molecule has 0 radical (unpaired) electrons. The first kappa shape index (κ1) is 16.2. The second kappa shape index (κ2) is 7.77. The molecule has 1 saturated carbocycles. The number of nitrogens with one attached hydrogen (secondary N) is 2. The lowest BCUT2D eigenvalue weighted by atomic mass is 9.84. The van der Waals surface area contributed by atoms with E-state index in [0.29, 0.717) is 17.3 Å². The number of aromatic nitrogens is 1. The summed E-state index contributed by atoms with van der Waals surface area (Å²) in [7, 11) is 0. The molecule has 1 aromatic heterocycles. The fourth-order valence-electron chi connectivity index (χ4n) is 3.16. The molecule has 0 aliphatic heterocycles. The monoisotopic (exact) mass is 321 g/mol. The van der Waals surface area contributed by atoms with Crippen molar-refractivity contribution in [3.8, 4) is 0 Å². The molecule has 1 aliphatic carbocycles. The zero-order chi connectivity index (χ0) is 16.8. The molecular weight excluding hydrogens is 298 g/mol. The van der Waals surface area contributed by atoms with Gasteiger partial charge in [0.25, 0.3) is 5.91 Å². The van der Waals surface area contributed by atoms with Crippen LogP contribution in [0.3, 0.4) is 0 Å². The number of pyridine rings is 1. The first-order valence-electron chi connectivity index (χ1n) is 8.50. The number of nitrogens with zero attached hydrogens (tertiary/aromatic N) is 1. The van der Waals surface area contributed by atoms with E-state index in [-0.39, 0.29) is 5.91 Å². The Kier molecular flexibility index (Phi) is 5.26. The summed E-state index contributed by atoms with van der Waals surface area (Å²) in [6.45, 7) is 3.99.